The summed E-state index contributed by atoms with van der Waals surface area (Å²) in [7, 11) is 0. The van der Waals surface area contributed by atoms with E-state index in [4.69, 9.17) is 9.47 Å². The predicted molar refractivity (Wildman–Crippen MR) is 89.4 cm³/mol. The van der Waals surface area contributed by atoms with Crippen molar-refractivity contribution in [1.29, 1.82) is 0 Å². The number of benzene rings is 1. The molecule has 0 radical (unpaired) electrons. The summed E-state index contributed by atoms with van der Waals surface area (Å²) in [6, 6.07) is 6.39. The standard InChI is InChI=1S/C18H31NO2/c1-5-20-12-7-6-10-19-11-13-21-17-8-9-18(15(2)3)16(4)14-17/h8-9,14-15,19H,5-7,10-13H2,1-4H3. The van der Waals surface area contributed by atoms with Gasteiger partial charge in [-0.3, -0.25) is 0 Å². The lowest BCUT2D eigenvalue weighted by molar-refractivity contribution is 0.143. The lowest BCUT2D eigenvalue weighted by atomic mass is 9.98. The molecule has 0 unspecified atom stereocenters. The number of unbranched alkanes of at least 4 members (excludes halogenated alkanes) is 1. The Morgan fingerprint density at radius 2 is 1.90 bits per heavy atom. The summed E-state index contributed by atoms with van der Waals surface area (Å²) < 4.78 is 11.1. The molecule has 0 aliphatic carbocycles. The molecule has 0 aromatic heterocycles. The average Bonchev–Trinajstić information content (AvgIpc) is 2.45. The summed E-state index contributed by atoms with van der Waals surface area (Å²) in [6.07, 6.45) is 2.28. The van der Waals surface area contributed by atoms with Gasteiger partial charge in [-0.25, -0.2) is 0 Å². The highest BCUT2D eigenvalue weighted by atomic mass is 16.5. The van der Waals surface area contributed by atoms with E-state index in [2.05, 4.69) is 44.3 Å². The van der Waals surface area contributed by atoms with Gasteiger partial charge in [-0.2, -0.15) is 0 Å². The van der Waals surface area contributed by atoms with E-state index in [1.54, 1.807) is 0 Å². The van der Waals surface area contributed by atoms with Crippen molar-refractivity contribution in [1.82, 2.24) is 5.32 Å². The van der Waals surface area contributed by atoms with E-state index in [1.807, 2.05) is 6.92 Å². The van der Waals surface area contributed by atoms with Crippen LogP contribution in [0.3, 0.4) is 0 Å². The highest BCUT2D eigenvalue weighted by molar-refractivity contribution is 5.36. The molecule has 0 spiro atoms. The van der Waals surface area contributed by atoms with Gasteiger partial charge in [-0.1, -0.05) is 19.9 Å². The van der Waals surface area contributed by atoms with Crippen LogP contribution in [0.4, 0.5) is 0 Å². The predicted octanol–water partition coefficient (Wildman–Crippen LogP) is 3.90. The molecule has 1 N–H and O–H groups in total. The molecule has 1 aromatic rings. The van der Waals surface area contributed by atoms with Crippen LogP contribution in [0.2, 0.25) is 0 Å². The zero-order chi connectivity index (χ0) is 15.5. The van der Waals surface area contributed by atoms with E-state index in [0.29, 0.717) is 12.5 Å². The van der Waals surface area contributed by atoms with Crippen molar-refractivity contribution in [3.63, 3.8) is 0 Å². The van der Waals surface area contributed by atoms with Gasteiger partial charge < -0.3 is 14.8 Å². The molecule has 3 heteroatoms. The van der Waals surface area contributed by atoms with E-state index in [-0.39, 0.29) is 0 Å². The van der Waals surface area contributed by atoms with Crippen molar-refractivity contribution >= 4 is 0 Å². The Morgan fingerprint density at radius 1 is 1.10 bits per heavy atom. The molecule has 0 bridgehead atoms. The molecular weight excluding hydrogens is 262 g/mol. The van der Waals surface area contributed by atoms with Gasteiger partial charge in [0.15, 0.2) is 0 Å². The van der Waals surface area contributed by atoms with Gasteiger partial charge >= 0.3 is 0 Å². The molecule has 0 amide bonds. The highest BCUT2D eigenvalue weighted by Crippen LogP contribution is 2.23. The van der Waals surface area contributed by atoms with Crippen molar-refractivity contribution in [2.75, 3.05) is 32.9 Å². The van der Waals surface area contributed by atoms with Crippen molar-refractivity contribution in [3.05, 3.63) is 29.3 Å². The maximum Gasteiger partial charge on any atom is 0.119 e. The first-order valence-electron chi connectivity index (χ1n) is 8.17. The Kier molecular flexibility index (Phi) is 9.11. The summed E-state index contributed by atoms with van der Waals surface area (Å²) in [4.78, 5) is 0. The van der Waals surface area contributed by atoms with Gasteiger partial charge in [0.05, 0.1) is 0 Å². The second-order valence-corrected chi connectivity index (χ2v) is 5.68. The molecule has 0 aliphatic rings. The summed E-state index contributed by atoms with van der Waals surface area (Å²) in [5.41, 5.74) is 2.71. The van der Waals surface area contributed by atoms with Crippen LogP contribution in [0.25, 0.3) is 0 Å². The van der Waals surface area contributed by atoms with Gasteiger partial charge in [-0.15, -0.1) is 0 Å². The zero-order valence-electron chi connectivity index (χ0n) is 14.1. The Bertz CT molecular complexity index is 391. The first-order chi connectivity index (χ1) is 10.1. The second-order valence-electron chi connectivity index (χ2n) is 5.68. The molecule has 3 nitrogen and oxygen atoms in total. The van der Waals surface area contributed by atoms with E-state index in [9.17, 15) is 0 Å². The third-order valence-corrected chi connectivity index (χ3v) is 3.51. The molecular formula is C18H31NO2. The Hall–Kier alpha value is -1.06. The number of hydrogen-bond donors (Lipinski definition) is 1. The Morgan fingerprint density at radius 3 is 2.57 bits per heavy atom. The first-order valence-corrected chi connectivity index (χ1v) is 8.17. The van der Waals surface area contributed by atoms with Crippen molar-refractivity contribution < 1.29 is 9.47 Å². The fourth-order valence-corrected chi connectivity index (χ4v) is 2.35. The summed E-state index contributed by atoms with van der Waals surface area (Å²) >= 11 is 0. The van der Waals surface area contributed by atoms with Crippen LogP contribution < -0.4 is 10.1 Å². The quantitative estimate of drug-likeness (QED) is 0.628. The Labute approximate surface area is 130 Å². The van der Waals surface area contributed by atoms with Gasteiger partial charge in [0.2, 0.25) is 0 Å². The van der Waals surface area contributed by atoms with Crippen LogP contribution in [-0.2, 0) is 4.74 Å². The maximum atomic E-state index is 5.78. The third kappa shape index (κ3) is 7.49. The highest BCUT2D eigenvalue weighted by Gasteiger charge is 2.04. The normalized spacial score (nSPS) is 11.1. The van der Waals surface area contributed by atoms with Crippen LogP contribution in [0, 0.1) is 6.92 Å². The van der Waals surface area contributed by atoms with E-state index in [0.717, 1.165) is 44.9 Å². The Balaban J connectivity index is 2.11. The molecule has 0 saturated carbocycles. The minimum absolute atomic E-state index is 0.567. The van der Waals surface area contributed by atoms with E-state index < -0.39 is 0 Å². The van der Waals surface area contributed by atoms with Crippen molar-refractivity contribution in [3.8, 4) is 5.75 Å². The first kappa shape index (κ1) is 18.0. The van der Waals surface area contributed by atoms with Crippen molar-refractivity contribution in [2.24, 2.45) is 0 Å². The van der Waals surface area contributed by atoms with Crippen molar-refractivity contribution in [2.45, 2.75) is 46.5 Å². The fourth-order valence-electron chi connectivity index (χ4n) is 2.35. The van der Waals surface area contributed by atoms with Crippen LogP contribution in [-0.4, -0.2) is 32.9 Å². The molecule has 0 atom stereocenters. The number of hydrogen-bond acceptors (Lipinski definition) is 3. The summed E-state index contributed by atoms with van der Waals surface area (Å²) in [5.74, 6) is 1.53. The van der Waals surface area contributed by atoms with E-state index in [1.165, 1.54) is 11.1 Å². The molecule has 0 fully saturated rings. The van der Waals surface area contributed by atoms with Gasteiger partial charge in [0.25, 0.3) is 0 Å². The average molecular weight is 293 g/mol. The SMILES string of the molecule is CCOCCCCNCCOc1ccc(C(C)C)c(C)c1. The summed E-state index contributed by atoms with van der Waals surface area (Å²) in [5, 5.41) is 3.40. The molecule has 1 rings (SSSR count). The lowest BCUT2D eigenvalue weighted by Crippen LogP contribution is -2.22. The molecule has 0 aliphatic heterocycles. The lowest BCUT2D eigenvalue weighted by Gasteiger charge is -2.12. The molecule has 120 valence electrons. The van der Waals surface area contributed by atoms with Crippen LogP contribution in [0.5, 0.6) is 5.75 Å². The number of nitrogens with one attached hydrogen (secondary N) is 1. The number of aryl methyl sites for hydroxylation is 1. The van der Waals surface area contributed by atoms with E-state index >= 15 is 0 Å². The van der Waals surface area contributed by atoms with Crippen LogP contribution >= 0.6 is 0 Å². The summed E-state index contributed by atoms with van der Waals surface area (Å²) in [6.45, 7) is 12.9. The minimum atomic E-state index is 0.567. The number of ether oxygens (including phenoxy) is 2. The van der Waals surface area contributed by atoms with Crippen LogP contribution in [0.15, 0.2) is 18.2 Å². The minimum Gasteiger partial charge on any atom is -0.492 e. The molecule has 0 saturated heterocycles. The topological polar surface area (TPSA) is 30.5 Å². The zero-order valence-corrected chi connectivity index (χ0v) is 14.1. The molecule has 21 heavy (non-hydrogen) atoms. The van der Waals surface area contributed by atoms with Crippen LogP contribution in [0.1, 0.15) is 50.7 Å². The maximum absolute atomic E-state index is 5.78. The van der Waals surface area contributed by atoms with Gasteiger partial charge in [0.1, 0.15) is 12.4 Å². The number of rotatable bonds is 11. The fraction of sp³-hybridized carbons (Fsp3) is 0.667. The molecule has 0 heterocycles. The third-order valence-electron chi connectivity index (χ3n) is 3.51. The largest absolute Gasteiger partial charge is 0.492 e. The van der Waals surface area contributed by atoms with Gasteiger partial charge in [0, 0.05) is 19.8 Å². The van der Waals surface area contributed by atoms with Gasteiger partial charge in [-0.05, 0) is 62.4 Å². The monoisotopic (exact) mass is 293 g/mol. The smallest absolute Gasteiger partial charge is 0.119 e. The second kappa shape index (κ2) is 10.6. The molecule has 1 aromatic carbocycles.